The molecule has 0 bridgehead atoms. The zero-order valence-corrected chi connectivity index (χ0v) is 14.1. The molecule has 1 aliphatic heterocycles. The molecule has 24 heavy (non-hydrogen) atoms. The zero-order chi connectivity index (χ0) is 17.2. The predicted molar refractivity (Wildman–Crippen MR) is 92.2 cm³/mol. The largest absolute Gasteiger partial charge is 0.454 e. The second-order valence-electron chi connectivity index (χ2n) is 6.68. The Morgan fingerprint density at radius 3 is 2.67 bits per heavy atom. The Balaban J connectivity index is 1.57. The minimum absolute atomic E-state index is 0.0367. The number of ether oxygens (including phenoxy) is 2. The third-order valence-corrected chi connectivity index (χ3v) is 3.61. The van der Waals surface area contributed by atoms with Crippen LogP contribution >= 0.6 is 0 Å². The normalized spacial score (nSPS) is 12.8. The molecular formula is C18H21N3O3. The maximum absolute atomic E-state index is 11.9. The van der Waals surface area contributed by atoms with Gasteiger partial charge in [0.05, 0.1) is 11.9 Å². The van der Waals surface area contributed by atoms with Gasteiger partial charge in [0.2, 0.25) is 12.7 Å². The molecule has 0 unspecified atom stereocenters. The van der Waals surface area contributed by atoms with Crippen molar-refractivity contribution in [3.63, 3.8) is 0 Å². The Morgan fingerprint density at radius 1 is 1.17 bits per heavy atom. The number of hydrogen-bond donors (Lipinski definition) is 2. The van der Waals surface area contributed by atoms with Gasteiger partial charge >= 0.3 is 0 Å². The molecule has 1 aliphatic rings. The van der Waals surface area contributed by atoms with E-state index in [2.05, 4.69) is 15.6 Å². The second-order valence-corrected chi connectivity index (χ2v) is 6.68. The summed E-state index contributed by atoms with van der Waals surface area (Å²) in [6.07, 6.45) is 1.64. The van der Waals surface area contributed by atoms with Gasteiger partial charge in [-0.15, -0.1) is 0 Å². The van der Waals surface area contributed by atoms with E-state index in [9.17, 15) is 4.79 Å². The van der Waals surface area contributed by atoms with Crippen molar-refractivity contribution in [2.45, 2.75) is 27.3 Å². The summed E-state index contributed by atoms with van der Waals surface area (Å²) in [4.78, 5) is 16.3. The molecule has 0 saturated carbocycles. The second kappa shape index (κ2) is 6.39. The van der Waals surface area contributed by atoms with Crippen LogP contribution in [0.1, 0.15) is 26.3 Å². The average Bonchev–Trinajstić information content (AvgIpc) is 3.01. The van der Waals surface area contributed by atoms with Gasteiger partial charge in [-0.25, -0.2) is 4.98 Å². The average molecular weight is 327 g/mol. The van der Waals surface area contributed by atoms with E-state index in [-0.39, 0.29) is 12.7 Å². The summed E-state index contributed by atoms with van der Waals surface area (Å²) in [5.74, 6) is 2.24. The van der Waals surface area contributed by atoms with Crippen molar-refractivity contribution in [3.8, 4) is 11.5 Å². The molecule has 0 radical (unpaired) electrons. The molecule has 0 saturated heterocycles. The van der Waals surface area contributed by atoms with E-state index in [0.29, 0.717) is 12.2 Å². The lowest BCUT2D eigenvalue weighted by Crippen LogP contribution is -2.27. The monoisotopic (exact) mass is 327 g/mol. The number of nitrogens with zero attached hydrogens (tertiary/aromatic N) is 1. The van der Waals surface area contributed by atoms with E-state index in [0.717, 1.165) is 22.9 Å². The summed E-state index contributed by atoms with van der Waals surface area (Å²) in [6, 6.07) is 9.51. The van der Waals surface area contributed by atoms with Crippen molar-refractivity contribution >= 4 is 17.4 Å². The van der Waals surface area contributed by atoms with Crippen molar-refractivity contribution in [2.24, 2.45) is 5.41 Å². The van der Waals surface area contributed by atoms with Gasteiger partial charge in [-0.1, -0.05) is 26.8 Å². The number of anilines is 2. The van der Waals surface area contributed by atoms with E-state index in [1.807, 2.05) is 51.1 Å². The van der Waals surface area contributed by atoms with Crippen molar-refractivity contribution < 1.29 is 14.3 Å². The molecule has 6 heteroatoms. The van der Waals surface area contributed by atoms with Crippen LogP contribution in [0.15, 0.2) is 36.5 Å². The number of carbonyl (C=O) groups excluding carboxylic acids is 1. The SMILES string of the molecule is CC(C)(C)C(=O)Nc1ccc(NCc2ccc3c(c2)OCO3)nc1. The van der Waals surface area contributed by atoms with Gasteiger partial charge in [-0.2, -0.15) is 0 Å². The summed E-state index contributed by atoms with van der Waals surface area (Å²) >= 11 is 0. The number of pyridine rings is 1. The summed E-state index contributed by atoms with van der Waals surface area (Å²) in [7, 11) is 0. The van der Waals surface area contributed by atoms with Gasteiger partial charge in [-0.05, 0) is 29.8 Å². The standard InChI is InChI=1S/C18H21N3O3/c1-18(2,3)17(22)21-13-5-7-16(20-10-13)19-9-12-4-6-14-15(8-12)24-11-23-14/h4-8,10H,9,11H2,1-3H3,(H,19,20)(H,21,22). The Bertz CT molecular complexity index is 736. The molecule has 0 atom stereocenters. The molecule has 3 rings (SSSR count). The minimum atomic E-state index is -0.434. The maximum Gasteiger partial charge on any atom is 0.231 e. The molecule has 1 aromatic heterocycles. The first-order valence-electron chi connectivity index (χ1n) is 7.82. The van der Waals surface area contributed by atoms with Crippen LogP contribution in [0.4, 0.5) is 11.5 Å². The van der Waals surface area contributed by atoms with E-state index in [1.54, 1.807) is 6.20 Å². The van der Waals surface area contributed by atoms with Gasteiger partial charge in [-0.3, -0.25) is 4.79 Å². The van der Waals surface area contributed by atoms with Gasteiger partial charge < -0.3 is 20.1 Å². The number of carbonyl (C=O) groups is 1. The summed E-state index contributed by atoms with van der Waals surface area (Å²) in [6.45, 7) is 6.51. The van der Waals surface area contributed by atoms with E-state index in [1.165, 1.54) is 0 Å². The van der Waals surface area contributed by atoms with Crippen LogP contribution in [0.25, 0.3) is 0 Å². The van der Waals surface area contributed by atoms with Crippen molar-refractivity contribution in [1.29, 1.82) is 0 Å². The molecular weight excluding hydrogens is 306 g/mol. The first-order chi connectivity index (χ1) is 11.4. The molecule has 126 valence electrons. The lowest BCUT2D eigenvalue weighted by molar-refractivity contribution is -0.123. The highest BCUT2D eigenvalue weighted by atomic mass is 16.7. The Morgan fingerprint density at radius 2 is 1.96 bits per heavy atom. The number of fused-ring (bicyclic) bond motifs is 1. The van der Waals surface area contributed by atoms with Crippen LogP contribution in [0.5, 0.6) is 11.5 Å². The van der Waals surface area contributed by atoms with Crippen LogP contribution in [0.3, 0.4) is 0 Å². The highest BCUT2D eigenvalue weighted by Crippen LogP contribution is 2.32. The van der Waals surface area contributed by atoms with Crippen molar-refractivity contribution in [3.05, 3.63) is 42.1 Å². The molecule has 1 amide bonds. The van der Waals surface area contributed by atoms with E-state index >= 15 is 0 Å². The lowest BCUT2D eigenvalue weighted by atomic mass is 9.96. The highest BCUT2D eigenvalue weighted by molar-refractivity contribution is 5.94. The fraction of sp³-hybridized carbons (Fsp3) is 0.333. The van der Waals surface area contributed by atoms with Crippen LogP contribution < -0.4 is 20.1 Å². The molecule has 1 aromatic carbocycles. The van der Waals surface area contributed by atoms with Crippen LogP contribution in [-0.4, -0.2) is 17.7 Å². The number of aromatic nitrogens is 1. The Hall–Kier alpha value is -2.76. The Kier molecular flexibility index (Phi) is 4.29. The van der Waals surface area contributed by atoms with Crippen LogP contribution in [0.2, 0.25) is 0 Å². The third-order valence-electron chi connectivity index (χ3n) is 3.61. The molecule has 0 aliphatic carbocycles. The van der Waals surface area contributed by atoms with E-state index < -0.39 is 5.41 Å². The van der Waals surface area contributed by atoms with Gasteiger partial charge in [0, 0.05) is 12.0 Å². The number of nitrogens with one attached hydrogen (secondary N) is 2. The fourth-order valence-corrected chi connectivity index (χ4v) is 2.13. The summed E-state index contributed by atoms with van der Waals surface area (Å²) in [5, 5.41) is 6.09. The molecule has 6 nitrogen and oxygen atoms in total. The molecule has 2 heterocycles. The van der Waals surface area contributed by atoms with Crippen molar-refractivity contribution in [2.75, 3.05) is 17.4 Å². The third kappa shape index (κ3) is 3.76. The van der Waals surface area contributed by atoms with Gasteiger partial charge in [0.25, 0.3) is 0 Å². The molecule has 2 N–H and O–H groups in total. The topological polar surface area (TPSA) is 72.5 Å². The quantitative estimate of drug-likeness (QED) is 0.900. The number of amides is 1. The number of benzene rings is 1. The molecule has 0 fully saturated rings. The van der Waals surface area contributed by atoms with Crippen molar-refractivity contribution in [1.82, 2.24) is 4.98 Å². The van der Waals surface area contributed by atoms with E-state index in [4.69, 9.17) is 9.47 Å². The molecule has 0 spiro atoms. The number of rotatable bonds is 4. The van der Waals surface area contributed by atoms with Crippen LogP contribution in [0, 0.1) is 5.41 Å². The van der Waals surface area contributed by atoms with Gasteiger partial charge in [0.1, 0.15) is 5.82 Å². The first kappa shape index (κ1) is 16.1. The fourth-order valence-electron chi connectivity index (χ4n) is 2.13. The number of hydrogen-bond acceptors (Lipinski definition) is 5. The first-order valence-corrected chi connectivity index (χ1v) is 7.82. The predicted octanol–water partition coefficient (Wildman–Crippen LogP) is 3.41. The summed E-state index contributed by atoms with van der Waals surface area (Å²) < 4.78 is 10.7. The summed E-state index contributed by atoms with van der Waals surface area (Å²) in [5.41, 5.74) is 1.32. The van der Waals surface area contributed by atoms with Gasteiger partial charge in [0.15, 0.2) is 11.5 Å². The lowest BCUT2D eigenvalue weighted by Gasteiger charge is -2.17. The zero-order valence-electron chi connectivity index (χ0n) is 14.1. The minimum Gasteiger partial charge on any atom is -0.454 e. The molecule has 2 aromatic rings. The maximum atomic E-state index is 11.9. The van der Waals surface area contributed by atoms with Crippen LogP contribution in [-0.2, 0) is 11.3 Å². The highest BCUT2D eigenvalue weighted by Gasteiger charge is 2.21. The Labute approximate surface area is 141 Å². The smallest absolute Gasteiger partial charge is 0.231 e.